The zero-order valence-corrected chi connectivity index (χ0v) is 6.13. The maximum atomic E-state index is 10.5. The molecule has 0 amide bonds. The van der Waals surface area contributed by atoms with Crippen molar-refractivity contribution < 1.29 is 9.59 Å². The van der Waals surface area contributed by atoms with Crippen molar-refractivity contribution >= 4 is 11.6 Å². The van der Waals surface area contributed by atoms with Gasteiger partial charge in [-0.3, -0.25) is 9.59 Å². The molecule has 0 bridgehead atoms. The van der Waals surface area contributed by atoms with E-state index in [9.17, 15) is 9.59 Å². The first-order valence-corrected chi connectivity index (χ1v) is 2.99. The van der Waals surface area contributed by atoms with Crippen molar-refractivity contribution in [2.24, 2.45) is 11.5 Å². The van der Waals surface area contributed by atoms with Gasteiger partial charge in [0.25, 0.3) is 0 Å². The molecule has 4 N–H and O–H groups in total. The van der Waals surface area contributed by atoms with Gasteiger partial charge in [0.05, 0.1) is 12.1 Å². The van der Waals surface area contributed by atoms with Gasteiger partial charge >= 0.3 is 0 Å². The lowest BCUT2D eigenvalue weighted by atomic mass is 10.0. The van der Waals surface area contributed by atoms with E-state index in [1.165, 1.54) is 13.8 Å². The summed E-state index contributed by atoms with van der Waals surface area (Å²) in [5.74, 6) is -0.523. The third kappa shape index (κ3) is 2.24. The third-order valence-corrected chi connectivity index (χ3v) is 1.33. The summed E-state index contributed by atoms with van der Waals surface area (Å²) in [6, 6.07) is -1.70. The molecule has 0 saturated carbocycles. The summed E-state index contributed by atoms with van der Waals surface area (Å²) in [7, 11) is 0. The van der Waals surface area contributed by atoms with Crippen LogP contribution in [-0.4, -0.2) is 23.7 Å². The molecule has 0 aliphatic rings. The number of hydrogen-bond acceptors (Lipinski definition) is 4. The SMILES string of the molecule is CC(=O)[C@@H](N)[C@@H](N)C(C)=O. The Bertz CT molecular complexity index is 138. The number of ketones is 2. The second-order valence-corrected chi connectivity index (χ2v) is 2.27. The fraction of sp³-hybridized carbons (Fsp3) is 0.667. The average molecular weight is 144 g/mol. The Balaban J connectivity index is 4.07. The van der Waals surface area contributed by atoms with Gasteiger partial charge in [0.1, 0.15) is 11.6 Å². The van der Waals surface area contributed by atoms with Crippen LogP contribution < -0.4 is 11.5 Å². The fourth-order valence-electron chi connectivity index (χ4n) is 0.506. The summed E-state index contributed by atoms with van der Waals surface area (Å²) in [5, 5.41) is 0. The molecule has 10 heavy (non-hydrogen) atoms. The number of nitrogens with two attached hydrogens (primary N) is 2. The van der Waals surface area contributed by atoms with Crippen molar-refractivity contribution in [1.82, 2.24) is 0 Å². The minimum atomic E-state index is -0.850. The molecule has 4 heteroatoms. The molecule has 0 radical (unpaired) electrons. The Morgan fingerprint density at radius 2 is 1.20 bits per heavy atom. The zero-order valence-electron chi connectivity index (χ0n) is 6.13. The molecular formula is C6H12N2O2. The molecule has 0 unspecified atom stereocenters. The molecule has 2 atom stereocenters. The van der Waals surface area contributed by atoms with Crippen molar-refractivity contribution in [3.63, 3.8) is 0 Å². The van der Waals surface area contributed by atoms with Gasteiger partial charge in [-0.05, 0) is 13.8 Å². The van der Waals surface area contributed by atoms with Crippen LogP contribution in [0, 0.1) is 0 Å². The fourth-order valence-corrected chi connectivity index (χ4v) is 0.506. The molecule has 0 aliphatic heterocycles. The third-order valence-electron chi connectivity index (χ3n) is 1.33. The van der Waals surface area contributed by atoms with Crippen molar-refractivity contribution in [3.8, 4) is 0 Å². The maximum Gasteiger partial charge on any atom is 0.148 e. The summed E-state index contributed by atoms with van der Waals surface area (Å²) < 4.78 is 0. The monoisotopic (exact) mass is 144 g/mol. The number of rotatable bonds is 3. The number of hydrogen-bond donors (Lipinski definition) is 2. The van der Waals surface area contributed by atoms with Crippen molar-refractivity contribution in [2.45, 2.75) is 25.9 Å². The van der Waals surface area contributed by atoms with E-state index in [0.717, 1.165) is 0 Å². The van der Waals surface area contributed by atoms with E-state index in [0.29, 0.717) is 0 Å². The van der Waals surface area contributed by atoms with E-state index in [1.807, 2.05) is 0 Å². The molecule has 4 nitrogen and oxygen atoms in total. The van der Waals surface area contributed by atoms with E-state index in [4.69, 9.17) is 11.5 Å². The van der Waals surface area contributed by atoms with Crippen LogP contribution in [0.4, 0.5) is 0 Å². The van der Waals surface area contributed by atoms with Crippen LogP contribution in [0.3, 0.4) is 0 Å². The molecule has 0 spiro atoms. The van der Waals surface area contributed by atoms with Crippen molar-refractivity contribution in [2.75, 3.05) is 0 Å². The summed E-state index contributed by atoms with van der Waals surface area (Å²) in [5.41, 5.74) is 10.5. The van der Waals surface area contributed by atoms with Gasteiger partial charge in [-0.25, -0.2) is 0 Å². The Kier molecular flexibility index (Phi) is 3.18. The molecule has 0 fully saturated rings. The summed E-state index contributed by atoms with van der Waals surface area (Å²) in [4.78, 5) is 21.1. The summed E-state index contributed by atoms with van der Waals surface area (Å²) in [6.07, 6.45) is 0. The molecule has 0 aromatic heterocycles. The van der Waals surface area contributed by atoms with Gasteiger partial charge in [-0.2, -0.15) is 0 Å². The van der Waals surface area contributed by atoms with Crippen LogP contribution in [0.2, 0.25) is 0 Å². The number of Topliss-reactive ketones (excluding diaryl/α,β-unsaturated/α-hetero) is 2. The Morgan fingerprint density at radius 3 is 1.30 bits per heavy atom. The van der Waals surface area contributed by atoms with E-state index in [-0.39, 0.29) is 11.6 Å². The van der Waals surface area contributed by atoms with Crippen LogP contribution in [-0.2, 0) is 9.59 Å². The molecule has 0 heterocycles. The van der Waals surface area contributed by atoms with Gasteiger partial charge in [0.15, 0.2) is 0 Å². The second kappa shape index (κ2) is 3.43. The standard InChI is InChI=1S/C6H12N2O2/c1-3(9)5(7)6(8)4(2)10/h5-6H,7-8H2,1-2H3/t5-,6+. The van der Waals surface area contributed by atoms with E-state index in [2.05, 4.69) is 0 Å². The van der Waals surface area contributed by atoms with Gasteiger partial charge in [0, 0.05) is 0 Å². The highest BCUT2D eigenvalue weighted by atomic mass is 16.1. The van der Waals surface area contributed by atoms with Gasteiger partial charge in [0.2, 0.25) is 0 Å². The lowest BCUT2D eigenvalue weighted by Gasteiger charge is -2.12. The smallest absolute Gasteiger partial charge is 0.148 e. The lowest BCUT2D eigenvalue weighted by molar-refractivity contribution is -0.124. The highest BCUT2D eigenvalue weighted by Crippen LogP contribution is 1.89. The molecule has 0 aromatic rings. The van der Waals surface area contributed by atoms with E-state index < -0.39 is 12.1 Å². The van der Waals surface area contributed by atoms with Gasteiger partial charge < -0.3 is 11.5 Å². The van der Waals surface area contributed by atoms with Crippen LogP contribution in [0.15, 0.2) is 0 Å². The normalized spacial score (nSPS) is 16.0. The summed E-state index contributed by atoms with van der Waals surface area (Å²) in [6.45, 7) is 2.63. The molecule has 58 valence electrons. The van der Waals surface area contributed by atoms with Gasteiger partial charge in [-0.1, -0.05) is 0 Å². The molecular weight excluding hydrogens is 132 g/mol. The minimum absolute atomic E-state index is 0.261. The van der Waals surface area contributed by atoms with E-state index >= 15 is 0 Å². The first kappa shape index (κ1) is 9.26. The predicted molar refractivity (Wildman–Crippen MR) is 37.3 cm³/mol. The number of carbonyl (C=O) groups is 2. The topological polar surface area (TPSA) is 86.2 Å². The van der Waals surface area contributed by atoms with Crippen molar-refractivity contribution in [1.29, 1.82) is 0 Å². The highest BCUT2D eigenvalue weighted by molar-refractivity contribution is 5.91. The van der Waals surface area contributed by atoms with Crippen LogP contribution in [0.1, 0.15) is 13.8 Å². The first-order valence-electron chi connectivity index (χ1n) is 2.99. The Labute approximate surface area is 59.6 Å². The van der Waals surface area contributed by atoms with Crippen LogP contribution in [0.5, 0.6) is 0 Å². The lowest BCUT2D eigenvalue weighted by Crippen LogP contribution is -2.50. The molecule has 0 aromatic carbocycles. The minimum Gasteiger partial charge on any atom is -0.320 e. The largest absolute Gasteiger partial charge is 0.320 e. The number of carbonyl (C=O) groups excluding carboxylic acids is 2. The maximum absolute atomic E-state index is 10.5. The molecule has 0 saturated heterocycles. The quantitative estimate of drug-likeness (QED) is 0.522. The Morgan fingerprint density at radius 1 is 1.00 bits per heavy atom. The second-order valence-electron chi connectivity index (χ2n) is 2.27. The molecule has 0 aliphatic carbocycles. The van der Waals surface area contributed by atoms with Crippen molar-refractivity contribution in [3.05, 3.63) is 0 Å². The molecule has 0 rings (SSSR count). The summed E-state index contributed by atoms with van der Waals surface area (Å²) >= 11 is 0. The highest BCUT2D eigenvalue weighted by Gasteiger charge is 2.20. The van der Waals surface area contributed by atoms with E-state index in [1.54, 1.807) is 0 Å². The van der Waals surface area contributed by atoms with Crippen LogP contribution >= 0.6 is 0 Å². The van der Waals surface area contributed by atoms with Crippen LogP contribution in [0.25, 0.3) is 0 Å². The Hall–Kier alpha value is -0.740. The predicted octanol–water partition coefficient (Wildman–Crippen LogP) is -1.18. The average Bonchev–Trinajstić information content (AvgIpc) is 1.84. The zero-order chi connectivity index (χ0) is 8.31. The van der Waals surface area contributed by atoms with Gasteiger partial charge in [-0.15, -0.1) is 0 Å². The first-order chi connectivity index (χ1) is 4.46.